The second-order valence-corrected chi connectivity index (χ2v) is 8.68. The maximum atomic E-state index is 11.8. The molecule has 0 saturated carbocycles. The largest absolute Gasteiger partial charge is 0.398 e. The molecule has 1 unspecified atom stereocenters. The number of rotatable bonds is 8. The first-order valence-corrected chi connectivity index (χ1v) is 9.64. The van der Waals surface area contributed by atoms with Gasteiger partial charge in [0.25, 0.3) is 5.69 Å². The van der Waals surface area contributed by atoms with Gasteiger partial charge in [-0.25, -0.2) is 4.21 Å². The first-order valence-electron chi connectivity index (χ1n) is 8.43. The average Bonchev–Trinajstić information content (AvgIpc) is 2.61. The molecule has 0 aliphatic rings. The van der Waals surface area contributed by atoms with Crippen LogP contribution in [0.25, 0.3) is 11.1 Å². The van der Waals surface area contributed by atoms with Gasteiger partial charge in [0.2, 0.25) is 0 Å². The van der Waals surface area contributed by atoms with Crippen LogP contribution in [0.15, 0.2) is 49.2 Å². The molecule has 4 N–H and O–H groups in total. The summed E-state index contributed by atoms with van der Waals surface area (Å²) in [6, 6.07) is 8.11. The molecule has 0 aliphatic heterocycles. The Morgan fingerprint density at radius 3 is 2.63 bits per heavy atom. The van der Waals surface area contributed by atoms with E-state index in [1.54, 1.807) is 24.4 Å². The highest BCUT2D eigenvalue weighted by molar-refractivity contribution is 7.84. The predicted molar refractivity (Wildman–Crippen MR) is 109 cm³/mol. The minimum Gasteiger partial charge on any atom is -0.398 e. The lowest BCUT2D eigenvalue weighted by atomic mass is 9.89. The molecule has 0 spiro atoms. The first-order chi connectivity index (χ1) is 12.7. The molecule has 8 heteroatoms. The van der Waals surface area contributed by atoms with Gasteiger partial charge in [0.1, 0.15) is 0 Å². The normalized spacial score (nSPS) is 13.7. The van der Waals surface area contributed by atoms with Crippen molar-refractivity contribution < 1.29 is 9.13 Å². The number of pyridine rings is 1. The maximum absolute atomic E-state index is 11.8. The zero-order chi connectivity index (χ0) is 20.2. The Hall–Kier alpha value is -2.58. The summed E-state index contributed by atoms with van der Waals surface area (Å²) in [6.07, 6.45) is 4.71. The zero-order valence-corrected chi connectivity index (χ0v) is 16.2. The second kappa shape index (κ2) is 8.41. The first kappa shape index (κ1) is 20.7. The number of nitrogen functional groups attached to an aromatic ring is 1. The van der Waals surface area contributed by atoms with E-state index in [1.165, 1.54) is 12.1 Å². The van der Waals surface area contributed by atoms with Gasteiger partial charge >= 0.3 is 0 Å². The summed E-state index contributed by atoms with van der Waals surface area (Å²) >= 11 is 0. The second-order valence-electron chi connectivity index (χ2n) is 6.98. The van der Waals surface area contributed by atoms with Crippen LogP contribution in [0.4, 0.5) is 11.4 Å². The van der Waals surface area contributed by atoms with E-state index in [2.05, 4.69) is 11.6 Å². The van der Waals surface area contributed by atoms with E-state index < -0.39 is 20.7 Å². The van der Waals surface area contributed by atoms with E-state index in [4.69, 9.17) is 10.9 Å². The molecule has 0 amide bonds. The molecule has 0 saturated heterocycles. The van der Waals surface area contributed by atoms with Crippen molar-refractivity contribution in [3.05, 3.63) is 65.0 Å². The van der Waals surface area contributed by atoms with E-state index in [1.807, 2.05) is 19.9 Å². The summed E-state index contributed by atoms with van der Waals surface area (Å²) in [5, 5.41) is 16.5. The lowest BCUT2D eigenvalue weighted by molar-refractivity contribution is -0.384. The number of hydrogen-bond acceptors (Lipinski definition) is 5. The van der Waals surface area contributed by atoms with Crippen molar-refractivity contribution in [1.82, 2.24) is 4.98 Å². The van der Waals surface area contributed by atoms with Crippen LogP contribution in [-0.2, 0) is 11.0 Å². The Labute approximate surface area is 161 Å². The maximum Gasteiger partial charge on any atom is 0.271 e. The van der Waals surface area contributed by atoms with Crippen molar-refractivity contribution in [1.29, 1.82) is 0 Å². The molecule has 2 atom stereocenters. The van der Waals surface area contributed by atoms with Crippen LogP contribution >= 0.6 is 0 Å². The number of anilines is 1. The van der Waals surface area contributed by atoms with Crippen molar-refractivity contribution >= 4 is 22.4 Å². The van der Waals surface area contributed by atoms with Crippen LogP contribution in [-0.4, -0.2) is 18.9 Å². The SMILES string of the molecule is C=CC[C@@H](CC(C)(C)S(N)=O)c1cc(-c2ccc([N+](=O)[O-])cc2N)ccn1. The molecule has 0 aliphatic carbocycles. The molecule has 0 fully saturated rings. The number of non-ortho nitro benzene ring substituents is 1. The Morgan fingerprint density at radius 1 is 1.37 bits per heavy atom. The molecule has 1 heterocycles. The van der Waals surface area contributed by atoms with Crippen molar-refractivity contribution in [2.24, 2.45) is 5.14 Å². The minimum atomic E-state index is -1.47. The van der Waals surface area contributed by atoms with Gasteiger partial charge in [-0.3, -0.25) is 20.2 Å². The molecule has 2 rings (SSSR count). The summed E-state index contributed by atoms with van der Waals surface area (Å²) in [7, 11) is -1.47. The summed E-state index contributed by atoms with van der Waals surface area (Å²) in [5.41, 5.74) is 8.61. The van der Waals surface area contributed by atoms with Crippen molar-refractivity contribution in [2.45, 2.75) is 37.4 Å². The molecule has 0 bridgehead atoms. The van der Waals surface area contributed by atoms with Crippen LogP contribution < -0.4 is 10.9 Å². The molecule has 1 aromatic heterocycles. The smallest absolute Gasteiger partial charge is 0.271 e. The molecule has 0 radical (unpaired) electrons. The van der Waals surface area contributed by atoms with Crippen LogP contribution in [0, 0.1) is 10.1 Å². The van der Waals surface area contributed by atoms with Gasteiger partial charge in [-0.05, 0) is 50.5 Å². The Morgan fingerprint density at radius 2 is 2.07 bits per heavy atom. The third-order valence-electron chi connectivity index (χ3n) is 4.49. The summed E-state index contributed by atoms with van der Waals surface area (Å²) in [5.74, 6) is -0.00998. The number of hydrogen-bond donors (Lipinski definition) is 2. The topological polar surface area (TPSA) is 125 Å². The fourth-order valence-corrected chi connectivity index (χ4v) is 3.32. The van der Waals surface area contributed by atoms with Gasteiger partial charge in [-0.15, -0.1) is 6.58 Å². The molecule has 7 nitrogen and oxygen atoms in total. The third-order valence-corrected chi connectivity index (χ3v) is 5.75. The predicted octanol–water partition coefficient (Wildman–Crippen LogP) is 3.69. The van der Waals surface area contributed by atoms with Crippen LogP contribution in [0.2, 0.25) is 0 Å². The molecule has 27 heavy (non-hydrogen) atoms. The summed E-state index contributed by atoms with van der Waals surface area (Å²) in [6.45, 7) is 7.52. The van der Waals surface area contributed by atoms with Crippen LogP contribution in [0.3, 0.4) is 0 Å². The van der Waals surface area contributed by atoms with Gasteiger partial charge in [-0.1, -0.05) is 6.08 Å². The molecular weight excluding hydrogens is 364 g/mol. The summed E-state index contributed by atoms with van der Waals surface area (Å²) in [4.78, 5) is 14.9. The number of nitrogens with zero attached hydrogens (tertiary/aromatic N) is 2. The van der Waals surface area contributed by atoms with Crippen LogP contribution in [0.1, 0.15) is 38.3 Å². The Balaban J connectivity index is 2.41. The highest BCUT2D eigenvalue weighted by Crippen LogP contribution is 2.34. The molecule has 2 aromatic rings. The van der Waals surface area contributed by atoms with Gasteiger partial charge in [0.15, 0.2) is 0 Å². The molecular formula is C19H24N4O3S. The fourth-order valence-electron chi connectivity index (χ4n) is 2.95. The lowest BCUT2D eigenvalue weighted by Gasteiger charge is -2.26. The number of nitro groups is 1. The van der Waals surface area contributed by atoms with Gasteiger partial charge in [-0.2, -0.15) is 0 Å². The standard InChI is InChI=1S/C19H24N4O3S/c1-4-5-14(12-19(2,3)27(21)26)18-10-13(8-9-22-18)16-7-6-15(23(24)25)11-17(16)20/h4,6-11,14H,1,5,12,20-21H2,2-3H3/t14-,27?/m0/s1. The highest BCUT2D eigenvalue weighted by Gasteiger charge is 2.29. The number of nitro benzene ring substituents is 1. The zero-order valence-electron chi connectivity index (χ0n) is 15.4. The summed E-state index contributed by atoms with van der Waals surface area (Å²) < 4.78 is 11.3. The monoisotopic (exact) mass is 388 g/mol. The van der Waals surface area contributed by atoms with Gasteiger partial charge in [0.05, 0.1) is 20.7 Å². The van der Waals surface area contributed by atoms with Crippen LogP contribution in [0.5, 0.6) is 0 Å². The van der Waals surface area contributed by atoms with E-state index in [-0.39, 0.29) is 11.6 Å². The van der Waals surface area contributed by atoms with E-state index in [0.717, 1.165) is 11.3 Å². The van der Waals surface area contributed by atoms with Gasteiger partial charge < -0.3 is 5.73 Å². The Kier molecular flexibility index (Phi) is 6.45. The number of benzene rings is 1. The number of aromatic nitrogens is 1. The number of allylic oxidation sites excluding steroid dienone is 1. The number of nitrogens with two attached hydrogens (primary N) is 2. The highest BCUT2D eigenvalue weighted by atomic mass is 32.2. The van der Waals surface area contributed by atoms with E-state index >= 15 is 0 Å². The fraction of sp³-hybridized carbons (Fsp3) is 0.316. The quantitative estimate of drug-likeness (QED) is 0.309. The average molecular weight is 388 g/mol. The minimum absolute atomic E-state index is 0.00998. The van der Waals surface area contributed by atoms with Crippen molar-refractivity contribution in [3.8, 4) is 11.1 Å². The molecule has 1 aromatic carbocycles. The Bertz CT molecular complexity index is 883. The lowest BCUT2D eigenvalue weighted by Crippen LogP contribution is -2.33. The third kappa shape index (κ3) is 4.99. The van der Waals surface area contributed by atoms with Gasteiger partial charge in [0, 0.05) is 41.2 Å². The van der Waals surface area contributed by atoms with E-state index in [9.17, 15) is 14.3 Å². The molecule has 144 valence electrons. The van der Waals surface area contributed by atoms with Crippen molar-refractivity contribution in [2.75, 3.05) is 5.73 Å². The van der Waals surface area contributed by atoms with Crippen molar-refractivity contribution in [3.63, 3.8) is 0 Å². The van der Waals surface area contributed by atoms with E-state index in [0.29, 0.717) is 24.1 Å².